The van der Waals surface area contributed by atoms with Gasteiger partial charge in [0, 0.05) is 21.9 Å². The largest absolute Gasteiger partial charge is 0.494 e. The number of carbonyl (C=O) groups excluding carboxylic acids is 1. The second kappa shape index (κ2) is 4.70. The maximum absolute atomic E-state index is 11.4. The lowest BCUT2D eigenvalue weighted by molar-refractivity contribution is 0.112. The Balaban J connectivity index is 2.08. The molecule has 4 nitrogen and oxygen atoms in total. The Bertz CT molecular complexity index is 1020. The van der Waals surface area contributed by atoms with Crippen LogP contribution in [0.1, 0.15) is 10.4 Å². The predicted molar refractivity (Wildman–Crippen MR) is 86.1 cm³/mol. The van der Waals surface area contributed by atoms with Gasteiger partial charge in [0.1, 0.15) is 0 Å². The Morgan fingerprint density at radius 3 is 2.55 bits per heavy atom. The minimum Gasteiger partial charge on any atom is -0.494 e. The summed E-state index contributed by atoms with van der Waals surface area (Å²) in [4.78, 5) is 18.9. The Kier molecular flexibility index (Phi) is 2.69. The summed E-state index contributed by atoms with van der Waals surface area (Å²) in [5.74, 6) is 0.0563. The van der Waals surface area contributed by atoms with Gasteiger partial charge in [-0.3, -0.25) is 4.79 Å². The summed E-state index contributed by atoms with van der Waals surface area (Å²) in [6.07, 6.45) is 0.819. The molecule has 0 unspecified atom stereocenters. The molecule has 0 atom stereocenters. The van der Waals surface area contributed by atoms with Crippen LogP contribution in [0.3, 0.4) is 0 Å². The fraction of sp³-hybridized carbons (Fsp3) is 0. The molecule has 0 radical (unpaired) electrons. The number of hydrogen-bond donors (Lipinski definition) is 2. The van der Waals surface area contributed by atoms with Gasteiger partial charge in [0.2, 0.25) is 0 Å². The minimum atomic E-state index is 0.0563. The van der Waals surface area contributed by atoms with Gasteiger partial charge < -0.3 is 10.1 Å². The zero-order chi connectivity index (χ0) is 15.1. The van der Waals surface area contributed by atoms with E-state index in [1.54, 1.807) is 6.07 Å². The van der Waals surface area contributed by atoms with E-state index in [4.69, 9.17) is 0 Å². The number of aromatic nitrogens is 2. The van der Waals surface area contributed by atoms with Gasteiger partial charge in [0.25, 0.3) is 0 Å². The fourth-order valence-electron chi connectivity index (χ4n) is 2.81. The van der Waals surface area contributed by atoms with Crippen molar-refractivity contribution in [1.82, 2.24) is 9.97 Å². The van der Waals surface area contributed by atoms with Crippen molar-refractivity contribution in [3.05, 3.63) is 60.2 Å². The third-order valence-corrected chi connectivity index (χ3v) is 3.82. The summed E-state index contributed by atoms with van der Waals surface area (Å²) >= 11 is 0. The molecule has 0 aliphatic rings. The summed E-state index contributed by atoms with van der Waals surface area (Å²) in [5.41, 5.74) is 3.31. The molecule has 0 spiro atoms. The van der Waals surface area contributed by atoms with Crippen LogP contribution in [0, 0.1) is 0 Å². The SMILES string of the molecule is O=Cc1cc(-c2c(O)[nH]c3ccccc23)nc2ccccc12. The average Bonchev–Trinajstić information content (AvgIpc) is 2.89. The zero-order valence-corrected chi connectivity index (χ0v) is 11.6. The second-order valence-corrected chi connectivity index (χ2v) is 5.13. The number of rotatable bonds is 2. The first-order valence-electron chi connectivity index (χ1n) is 6.93. The zero-order valence-electron chi connectivity index (χ0n) is 11.6. The van der Waals surface area contributed by atoms with Crippen LogP contribution in [0.15, 0.2) is 54.6 Å². The lowest BCUT2D eigenvalue weighted by Crippen LogP contribution is -1.91. The molecule has 0 aliphatic heterocycles. The average molecular weight is 288 g/mol. The number of nitrogens with zero attached hydrogens (tertiary/aromatic N) is 1. The number of pyridine rings is 1. The van der Waals surface area contributed by atoms with Gasteiger partial charge >= 0.3 is 0 Å². The number of aromatic amines is 1. The molecule has 2 N–H and O–H groups in total. The van der Waals surface area contributed by atoms with E-state index < -0.39 is 0 Å². The van der Waals surface area contributed by atoms with Crippen LogP contribution in [0.4, 0.5) is 0 Å². The Morgan fingerprint density at radius 2 is 1.73 bits per heavy atom. The lowest BCUT2D eigenvalue weighted by atomic mass is 10.0. The third-order valence-electron chi connectivity index (χ3n) is 3.82. The molecule has 2 aromatic carbocycles. The van der Waals surface area contributed by atoms with E-state index in [1.807, 2.05) is 48.5 Å². The van der Waals surface area contributed by atoms with Crippen LogP contribution >= 0.6 is 0 Å². The molecule has 2 aromatic heterocycles. The summed E-state index contributed by atoms with van der Waals surface area (Å²) in [6.45, 7) is 0. The monoisotopic (exact) mass is 288 g/mol. The smallest absolute Gasteiger partial charge is 0.199 e. The summed E-state index contributed by atoms with van der Waals surface area (Å²) < 4.78 is 0. The first-order valence-corrected chi connectivity index (χ1v) is 6.93. The van der Waals surface area contributed by atoms with Gasteiger partial charge in [0.05, 0.1) is 16.8 Å². The van der Waals surface area contributed by atoms with Crippen LogP contribution < -0.4 is 0 Å². The van der Waals surface area contributed by atoms with Crippen molar-refractivity contribution in [2.24, 2.45) is 0 Å². The van der Waals surface area contributed by atoms with E-state index in [0.29, 0.717) is 16.8 Å². The molecule has 22 heavy (non-hydrogen) atoms. The van der Waals surface area contributed by atoms with Crippen molar-refractivity contribution >= 4 is 28.1 Å². The molecule has 0 fully saturated rings. The van der Waals surface area contributed by atoms with Crippen LogP contribution in [0.5, 0.6) is 5.88 Å². The van der Waals surface area contributed by atoms with Crippen LogP contribution in [-0.2, 0) is 0 Å². The van der Waals surface area contributed by atoms with E-state index >= 15 is 0 Å². The van der Waals surface area contributed by atoms with E-state index in [-0.39, 0.29) is 5.88 Å². The number of nitrogens with one attached hydrogen (secondary N) is 1. The van der Waals surface area contributed by atoms with Crippen molar-refractivity contribution in [3.63, 3.8) is 0 Å². The van der Waals surface area contributed by atoms with Gasteiger partial charge in [-0.15, -0.1) is 0 Å². The first kappa shape index (κ1) is 12.6. The highest BCUT2D eigenvalue weighted by Gasteiger charge is 2.15. The molecule has 4 heteroatoms. The molecular weight excluding hydrogens is 276 g/mol. The van der Waals surface area contributed by atoms with Gasteiger partial charge in [-0.2, -0.15) is 0 Å². The van der Waals surface area contributed by atoms with Gasteiger partial charge in [-0.05, 0) is 18.2 Å². The lowest BCUT2D eigenvalue weighted by Gasteiger charge is -2.05. The molecule has 0 bridgehead atoms. The van der Waals surface area contributed by atoms with Crippen molar-refractivity contribution in [2.75, 3.05) is 0 Å². The Morgan fingerprint density at radius 1 is 1.00 bits per heavy atom. The molecule has 0 amide bonds. The number of aromatic hydroxyl groups is 1. The Hall–Kier alpha value is -3.14. The molecule has 2 heterocycles. The van der Waals surface area contributed by atoms with Crippen molar-refractivity contribution in [3.8, 4) is 17.1 Å². The number of aldehydes is 1. The van der Waals surface area contributed by atoms with Crippen LogP contribution in [0.25, 0.3) is 33.1 Å². The highest BCUT2D eigenvalue weighted by molar-refractivity contribution is 6.02. The van der Waals surface area contributed by atoms with Crippen molar-refractivity contribution < 1.29 is 9.90 Å². The first-order chi connectivity index (χ1) is 10.8. The standard InChI is InChI=1S/C18H12N2O2/c21-10-11-9-16(19-14-7-3-1-5-12(11)14)17-13-6-2-4-8-15(13)20-18(17)22/h1-10,20,22H. The van der Waals surface area contributed by atoms with Crippen molar-refractivity contribution in [2.45, 2.75) is 0 Å². The number of carbonyl (C=O) groups is 1. The maximum atomic E-state index is 11.4. The van der Waals surface area contributed by atoms with Gasteiger partial charge in [-0.25, -0.2) is 4.98 Å². The molecule has 0 aliphatic carbocycles. The van der Waals surface area contributed by atoms with E-state index in [9.17, 15) is 9.90 Å². The van der Waals surface area contributed by atoms with Crippen LogP contribution in [-0.4, -0.2) is 21.4 Å². The highest BCUT2D eigenvalue weighted by atomic mass is 16.3. The van der Waals surface area contributed by atoms with E-state index in [1.165, 1.54) is 0 Å². The second-order valence-electron chi connectivity index (χ2n) is 5.13. The molecule has 0 saturated heterocycles. The molecule has 4 aromatic rings. The third kappa shape index (κ3) is 1.78. The van der Waals surface area contributed by atoms with E-state index in [2.05, 4.69) is 9.97 Å². The van der Waals surface area contributed by atoms with Crippen molar-refractivity contribution in [1.29, 1.82) is 0 Å². The van der Waals surface area contributed by atoms with E-state index in [0.717, 1.165) is 28.1 Å². The summed E-state index contributed by atoms with van der Waals surface area (Å²) in [5, 5.41) is 11.9. The molecule has 0 saturated carbocycles. The number of H-pyrrole nitrogens is 1. The quantitative estimate of drug-likeness (QED) is 0.550. The summed E-state index contributed by atoms with van der Waals surface area (Å²) in [7, 11) is 0. The predicted octanol–water partition coefficient (Wildman–Crippen LogP) is 3.90. The highest BCUT2D eigenvalue weighted by Crippen LogP contribution is 2.36. The summed E-state index contributed by atoms with van der Waals surface area (Å²) in [6, 6.07) is 16.8. The van der Waals surface area contributed by atoms with Gasteiger partial charge in [-0.1, -0.05) is 36.4 Å². The number of para-hydroxylation sites is 2. The molecule has 4 rings (SSSR count). The normalized spacial score (nSPS) is 11.1. The molecular formula is C18H12N2O2. The van der Waals surface area contributed by atoms with Gasteiger partial charge in [0.15, 0.2) is 12.2 Å². The number of hydrogen-bond acceptors (Lipinski definition) is 3. The molecule has 106 valence electrons. The Labute approximate surface area is 126 Å². The number of benzene rings is 2. The minimum absolute atomic E-state index is 0.0563. The van der Waals surface area contributed by atoms with Crippen LogP contribution in [0.2, 0.25) is 0 Å². The topological polar surface area (TPSA) is 66.0 Å². The maximum Gasteiger partial charge on any atom is 0.199 e. The number of fused-ring (bicyclic) bond motifs is 2. The fourth-order valence-corrected chi connectivity index (χ4v) is 2.81.